The van der Waals surface area contributed by atoms with Gasteiger partial charge >= 0.3 is 5.97 Å². The van der Waals surface area contributed by atoms with Gasteiger partial charge in [-0.15, -0.1) is 0 Å². The Morgan fingerprint density at radius 3 is 2.41 bits per heavy atom. The first-order valence-corrected chi connectivity index (χ1v) is 13.5. The van der Waals surface area contributed by atoms with E-state index in [2.05, 4.69) is 0 Å². The molecule has 0 saturated carbocycles. The molecule has 0 radical (unpaired) electrons. The number of aliphatic carboxylic acids is 1. The van der Waals surface area contributed by atoms with Gasteiger partial charge in [-0.25, -0.2) is 13.2 Å². The first kappa shape index (κ1) is 28.7. The molecule has 0 amide bonds. The predicted molar refractivity (Wildman–Crippen MR) is 149 cm³/mol. The Balaban J connectivity index is 1.52. The molecule has 3 aromatic carbocycles. The summed E-state index contributed by atoms with van der Waals surface area (Å²) in [7, 11) is 3.10. The van der Waals surface area contributed by atoms with Gasteiger partial charge in [0.1, 0.15) is 24.0 Å². The Bertz CT molecular complexity index is 1540. The van der Waals surface area contributed by atoms with Crippen LogP contribution in [0.15, 0.2) is 54.6 Å². The van der Waals surface area contributed by atoms with Gasteiger partial charge in [0.15, 0.2) is 11.6 Å². The highest BCUT2D eigenvalue weighted by atomic mass is 19.1. The number of allylic oxidation sites excluding steroid dienone is 1. The van der Waals surface area contributed by atoms with Gasteiger partial charge in [-0.3, -0.25) is 4.79 Å². The lowest BCUT2D eigenvalue weighted by molar-refractivity contribution is -0.142. The van der Waals surface area contributed by atoms with Crippen molar-refractivity contribution in [2.45, 2.75) is 51.7 Å². The molecular weight excluding hydrogens is 533 g/mol. The van der Waals surface area contributed by atoms with Crippen LogP contribution in [0.2, 0.25) is 0 Å². The molecule has 0 unspecified atom stereocenters. The molecule has 216 valence electrons. The molecule has 0 bridgehead atoms. The van der Waals surface area contributed by atoms with Crippen LogP contribution in [0.4, 0.5) is 13.2 Å². The maximum atomic E-state index is 15.8. The molecule has 5 rings (SSSR count). The summed E-state index contributed by atoms with van der Waals surface area (Å²) < 4.78 is 63.0. The number of carboxylic acid groups (broad SMARTS) is 1. The van der Waals surface area contributed by atoms with Crippen molar-refractivity contribution in [2.75, 3.05) is 14.2 Å². The van der Waals surface area contributed by atoms with Crippen molar-refractivity contribution < 1.29 is 37.3 Å². The fourth-order valence-electron chi connectivity index (χ4n) is 6.25. The van der Waals surface area contributed by atoms with Gasteiger partial charge in [0, 0.05) is 29.7 Å². The van der Waals surface area contributed by atoms with E-state index in [4.69, 9.17) is 14.2 Å². The highest BCUT2D eigenvalue weighted by molar-refractivity contribution is 5.79. The van der Waals surface area contributed by atoms with Gasteiger partial charge in [-0.05, 0) is 64.8 Å². The second-order valence-corrected chi connectivity index (χ2v) is 11.8. The van der Waals surface area contributed by atoms with Crippen LogP contribution in [-0.2, 0) is 28.0 Å². The van der Waals surface area contributed by atoms with E-state index in [1.807, 2.05) is 26.8 Å². The normalized spacial score (nSPS) is 20.0. The van der Waals surface area contributed by atoms with Gasteiger partial charge in [0.2, 0.25) is 0 Å². The Hall–Kier alpha value is -3.78. The van der Waals surface area contributed by atoms with E-state index in [-0.39, 0.29) is 35.3 Å². The molecule has 0 aromatic heterocycles. The summed E-state index contributed by atoms with van der Waals surface area (Å²) in [5.41, 5.74) is 1.14. The van der Waals surface area contributed by atoms with Crippen LogP contribution in [0.25, 0.3) is 11.1 Å². The highest BCUT2D eigenvalue weighted by Gasteiger charge is 2.53. The Labute approximate surface area is 237 Å². The van der Waals surface area contributed by atoms with E-state index < -0.39 is 40.9 Å². The second-order valence-electron chi connectivity index (χ2n) is 11.8. The van der Waals surface area contributed by atoms with Crippen LogP contribution in [0, 0.1) is 28.8 Å². The quantitative estimate of drug-likeness (QED) is 0.285. The Morgan fingerprint density at radius 1 is 1.05 bits per heavy atom. The van der Waals surface area contributed by atoms with Crippen molar-refractivity contribution >= 4 is 5.97 Å². The number of carboxylic acids is 1. The Morgan fingerprint density at radius 2 is 1.80 bits per heavy atom. The number of hydrogen-bond donors (Lipinski definition) is 1. The molecule has 1 N–H and O–H groups in total. The van der Waals surface area contributed by atoms with E-state index in [1.165, 1.54) is 19.3 Å². The third-order valence-electron chi connectivity index (χ3n) is 8.22. The van der Waals surface area contributed by atoms with E-state index in [0.717, 1.165) is 6.07 Å². The molecule has 1 spiro atoms. The zero-order chi connectivity index (χ0) is 29.7. The minimum atomic E-state index is -1.07. The van der Waals surface area contributed by atoms with Crippen LogP contribution in [0.3, 0.4) is 0 Å². The summed E-state index contributed by atoms with van der Waals surface area (Å²) in [6.45, 7) is 5.92. The number of hydrogen-bond acceptors (Lipinski definition) is 4. The largest absolute Gasteiger partial charge is 0.497 e. The maximum absolute atomic E-state index is 15.8. The molecule has 41 heavy (non-hydrogen) atoms. The monoisotopic (exact) mass is 566 g/mol. The fraction of sp³-hybridized carbons (Fsp3) is 0.364. The van der Waals surface area contributed by atoms with Crippen LogP contribution in [-0.4, -0.2) is 25.3 Å². The van der Waals surface area contributed by atoms with Gasteiger partial charge < -0.3 is 19.3 Å². The third-order valence-corrected chi connectivity index (χ3v) is 8.22. The summed E-state index contributed by atoms with van der Waals surface area (Å²) in [4.78, 5) is 11.8. The number of ether oxygens (including phenoxy) is 3. The zero-order valence-electron chi connectivity index (χ0n) is 23.7. The molecule has 0 fully saturated rings. The van der Waals surface area contributed by atoms with Crippen molar-refractivity contribution in [1.29, 1.82) is 0 Å². The molecule has 0 aliphatic heterocycles. The fourth-order valence-corrected chi connectivity index (χ4v) is 6.25. The van der Waals surface area contributed by atoms with Crippen molar-refractivity contribution in [3.8, 4) is 22.6 Å². The minimum Gasteiger partial charge on any atom is -0.497 e. The topological polar surface area (TPSA) is 65.0 Å². The first-order valence-electron chi connectivity index (χ1n) is 13.5. The lowest BCUT2D eigenvalue weighted by Gasteiger charge is -2.39. The van der Waals surface area contributed by atoms with Gasteiger partial charge in [-0.2, -0.15) is 0 Å². The lowest BCUT2D eigenvalue weighted by Crippen LogP contribution is -2.42. The number of carbonyl (C=O) groups is 1. The van der Waals surface area contributed by atoms with E-state index in [9.17, 15) is 9.90 Å². The number of rotatable bonds is 8. The summed E-state index contributed by atoms with van der Waals surface area (Å²) in [5, 5.41) is 9.63. The third kappa shape index (κ3) is 4.88. The standard InChI is InChI=1S/C33H33F3O5/c1-32(2,3)30(40-5)23-14-18(6-8-20(23)22-15-19(39-4)7-9-25(22)34)17-41-27-16-26(35)21-10-12-33(28(21)29(27)36)13-11-24(33)31(37)38/h6-9,11,13-16,24,30H,10,12,17H2,1-5H3,(H,37,38)/t24-,30+,33+/m1/s1. The van der Waals surface area contributed by atoms with E-state index >= 15 is 13.2 Å². The molecule has 2 aliphatic carbocycles. The zero-order valence-corrected chi connectivity index (χ0v) is 23.7. The van der Waals surface area contributed by atoms with Crippen molar-refractivity contribution in [3.05, 3.63) is 94.3 Å². The summed E-state index contributed by atoms with van der Waals surface area (Å²) >= 11 is 0. The molecule has 2 aliphatic rings. The van der Waals surface area contributed by atoms with Crippen molar-refractivity contribution in [1.82, 2.24) is 0 Å². The molecular formula is C33H33F3O5. The first-order chi connectivity index (χ1) is 19.4. The number of fused-ring (bicyclic) bond motifs is 2. The summed E-state index contributed by atoms with van der Waals surface area (Å²) in [6.07, 6.45) is 3.31. The minimum absolute atomic E-state index is 0.0686. The maximum Gasteiger partial charge on any atom is 0.311 e. The predicted octanol–water partition coefficient (Wildman–Crippen LogP) is 7.55. The number of methoxy groups -OCH3 is 2. The lowest BCUT2D eigenvalue weighted by atomic mass is 9.63. The number of halogens is 3. The van der Waals surface area contributed by atoms with Gasteiger partial charge in [0.25, 0.3) is 0 Å². The second kappa shape index (κ2) is 10.6. The van der Waals surface area contributed by atoms with Crippen LogP contribution in [0.1, 0.15) is 55.5 Å². The summed E-state index contributed by atoms with van der Waals surface area (Å²) in [5.74, 6) is -3.54. The van der Waals surface area contributed by atoms with Crippen LogP contribution < -0.4 is 9.47 Å². The highest BCUT2D eigenvalue weighted by Crippen LogP contribution is 2.54. The average molecular weight is 567 g/mol. The molecule has 0 saturated heterocycles. The smallest absolute Gasteiger partial charge is 0.311 e. The Kier molecular flexibility index (Phi) is 7.40. The van der Waals surface area contributed by atoms with Crippen LogP contribution in [0.5, 0.6) is 11.5 Å². The summed E-state index contributed by atoms with van der Waals surface area (Å²) in [6, 6.07) is 10.9. The molecule has 0 heterocycles. The average Bonchev–Trinajstić information content (AvgIpc) is 3.33. The van der Waals surface area contributed by atoms with E-state index in [0.29, 0.717) is 34.4 Å². The molecule has 5 nitrogen and oxygen atoms in total. The molecule has 3 aromatic rings. The molecule has 8 heteroatoms. The van der Waals surface area contributed by atoms with E-state index in [1.54, 1.807) is 37.5 Å². The molecule has 3 atom stereocenters. The number of benzene rings is 3. The van der Waals surface area contributed by atoms with Crippen LogP contribution >= 0.6 is 0 Å². The van der Waals surface area contributed by atoms with Gasteiger partial charge in [0.05, 0.1) is 19.1 Å². The van der Waals surface area contributed by atoms with Crippen molar-refractivity contribution in [2.24, 2.45) is 11.3 Å². The SMILES string of the molecule is COc1ccc(F)c(-c2ccc(COc3cc(F)c4c(c3F)[C@]3(C=C[C@@H]3C(=O)O)CC4)cc2[C@H](OC)C(C)(C)C)c1. The van der Waals surface area contributed by atoms with Crippen molar-refractivity contribution in [3.63, 3.8) is 0 Å². The van der Waals surface area contributed by atoms with Gasteiger partial charge in [-0.1, -0.05) is 45.1 Å².